The van der Waals surface area contributed by atoms with Gasteiger partial charge < -0.3 is 5.11 Å². The minimum atomic E-state index is -4.33. The van der Waals surface area contributed by atoms with Crippen LogP contribution in [0.15, 0.2) is 24.3 Å². The Balaban J connectivity index is 2.61. The minimum Gasteiger partial charge on any atom is -0.393 e. The summed E-state index contributed by atoms with van der Waals surface area (Å²) in [4.78, 5) is 0. The van der Waals surface area contributed by atoms with E-state index in [1.54, 1.807) is 6.07 Å². The largest absolute Gasteiger partial charge is 0.416 e. The van der Waals surface area contributed by atoms with Gasteiger partial charge in [0.15, 0.2) is 0 Å². The van der Waals surface area contributed by atoms with E-state index in [-0.39, 0.29) is 11.8 Å². The standard InChI is InChI=1S/C17H25F3O/c1-12(11-16(2,3)4)8-15(21)10-13-6-5-7-14(9-13)17(18,19)20/h5-7,9,12,15,21H,8,10-11H2,1-4H3. The number of halogens is 3. The lowest BCUT2D eigenvalue weighted by molar-refractivity contribution is -0.137. The van der Waals surface area contributed by atoms with Crippen LogP contribution >= 0.6 is 0 Å². The Bertz CT molecular complexity index is 446. The van der Waals surface area contributed by atoms with Crippen molar-refractivity contribution in [1.82, 2.24) is 0 Å². The summed E-state index contributed by atoms with van der Waals surface area (Å²) in [5.74, 6) is 0.339. The zero-order valence-electron chi connectivity index (χ0n) is 13.2. The molecule has 0 aromatic heterocycles. The highest BCUT2D eigenvalue weighted by Gasteiger charge is 2.30. The van der Waals surface area contributed by atoms with Crippen LogP contribution in [0.5, 0.6) is 0 Å². The van der Waals surface area contributed by atoms with Gasteiger partial charge in [-0.25, -0.2) is 0 Å². The van der Waals surface area contributed by atoms with Crippen molar-refractivity contribution in [2.24, 2.45) is 11.3 Å². The molecule has 0 amide bonds. The van der Waals surface area contributed by atoms with Crippen LogP contribution in [0.3, 0.4) is 0 Å². The number of rotatable bonds is 5. The second-order valence-electron chi connectivity index (χ2n) is 7.16. The highest BCUT2D eigenvalue weighted by Crippen LogP contribution is 2.30. The normalized spacial score (nSPS) is 15.8. The van der Waals surface area contributed by atoms with Gasteiger partial charge in [0.1, 0.15) is 0 Å². The third kappa shape index (κ3) is 6.98. The average Bonchev–Trinajstić information content (AvgIpc) is 2.24. The van der Waals surface area contributed by atoms with Crippen LogP contribution in [-0.2, 0) is 12.6 Å². The molecule has 2 unspecified atom stereocenters. The third-order valence-corrected chi connectivity index (χ3v) is 3.36. The van der Waals surface area contributed by atoms with Crippen LogP contribution in [0.2, 0.25) is 0 Å². The summed E-state index contributed by atoms with van der Waals surface area (Å²) in [6, 6.07) is 5.20. The van der Waals surface area contributed by atoms with Gasteiger partial charge in [-0.1, -0.05) is 45.9 Å². The number of hydrogen-bond acceptors (Lipinski definition) is 1. The Morgan fingerprint density at radius 2 is 1.76 bits per heavy atom. The maximum Gasteiger partial charge on any atom is 0.416 e. The molecule has 0 saturated carbocycles. The lowest BCUT2D eigenvalue weighted by Crippen LogP contribution is -2.19. The first-order chi connectivity index (χ1) is 9.47. The molecule has 0 bridgehead atoms. The van der Waals surface area contributed by atoms with Crippen LogP contribution in [0.1, 0.15) is 51.7 Å². The molecule has 120 valence electrons. The number of benzene rings is 1. The Kier molecular flexibility index (Phi) is 5.85. The van der Waals surface area contributed by atoms with Crippen molar-refractivity contribution in [2.45, 2.75) is 59.2 Å². The second kappa shape index (κ2) is 6.82. The van der Waals surface area contributed by atoms with Crippen molar-refractivity contribution in [3.8, 4) is 0 Å². The smallest absolute Gasteiger partial charge is 0.393 e. The lowest BCUT2D eigenvalue weighted by atomic mass is 9.82. The Labute approximate surface area is 125 Å². The summed E-state index contributed by atoms with van der Waals surface area (Å²) in [6.45, 7) is 8.49. The first kappa shape index (κ1) is 18.0. The van der Waals surface area contributed by atoms with Crippen LogP contribution < -0.4 is 0 Å². The van der Waals surface area contributed by atoms with E-state index in [0.29, 0.717) is 17.9 Å². The first-order valence-electron chi connectivity index (χ1n) is 7.31. The first-order valence-corrected chi connectivity index (χ1v) is 7.31. The number of alkyl halides is 3. The van der Waals surface area contributed by atoms with E-state index in [9.17, 15) is 18.3 Å². The van der Waals surface area contributed by atoms with Gasteiger partial charge >= 0.3 is 6.18 Å². The van der Waals surface area contributed by atoms with E-state index >= 15 is 0 Å². The highest BCUT2D eigenvalue weighted by atomic mass is 19.4. The van der Waals surface area contributed by atoms with Crippen molar-refractivity contribution < 1.29 is 18.3 Å². The summed E-state index contributed by atoms with van der Waals surface area (Å²) >= 11 is 0. The number of aliphatic hydroxyl groups is 1. The second-order valence-corrected chi connectivity index (χ2v) is 7.16. The molecule has 2 atom stereocenters. The van der Waals surface area contributed by atoms with Crippen LogP contribution in [0.4, 0.5) is 13.2 Å². The molecule has 1 aromatic rings. The van der Waals surface area contributed by atoms with Gasteiger partial charge in [0.25, 0.3) is 0 Å². The molecule has 0 fully saturated rings. The summed E-state index contributed by atoms with van der Waals surface area (Å²) < 4.78 is 37.9. The summed E-state index contributed by atoms with van der Waals surface area (Å²) in [5.41, 5.74) is 0.0604. The number of aliphatic hydroxyl groups excluding tert-OH is 1. The van der Waals surface area contributed by atoms with Crippen LogP contribution in [0.25, 0.3) is 0 Å². The lowest BCUT2D eigenvalue weighted by Gasteiger charge is -2.25. The molecular weight excluding hydrogens is 277 g/mol. The fourth-order valence-corrected chi connectivity index (χ4v) is 2.82. The molecular formula is C17H25F3O. The molecule has 0 spiro atoms. The third-order valence-electron chi connectivity index (χ3n) is 3.36. The van der Waals surface area contributed by atoms with E-state index in [1.165, 1.54) is 6.07 Å². The van der Waals surface area contributed by atoms with Gasteiger partial charge in [-0.3, -0.25) is 0 Å². The van der Waals surface area contributed by atoms with E-state index < -0.39 is 17.8 Å². The van der Waals surface area contributed by atoms with Gasteiger partial charge in [0.05, 0.1) is 11.7 Å². The SMILES string of the molecule is CC(CC(O)Cc1cccc(C(F)(F)F)c1)CC(C)(C)C. The average molecular weight is 302 g/mol. The van der Waals surface area contributed by atoms with Crippen molar-refractivity contribution in [2.75, 3.05) is 0 Å². The van der Waals surface area contributed by atoms with E-state index in [1.807, 2.05) is 0 Å². The van der Waals surface area contributed by atoms with E-state index in [4.69, 9.17) is 0 Å². The van der Waals surface area contributed by atoms with Crippen molar-refractivity contribution in [1.29, 1.82) is 0 Å². The van der Waals surface area contributed by atoms with Crippen LogP contribution in [0, 0.1) is 11.3 Å². The number of hydrogen-bond donors (Lipinski definition) is 1. The Morgan fingerprint density at radius 1 is 1.14 bits per heavy atom. The zero-order chi connectivity index (χ0) is 16.3. The molecule has 1 N–H and O–H groups in total. The van der Waals surface area contributed by atoms with E-state index in [2.05, 4.69) is 27.7 Å². The predicted octanol–water partition coefficient (Wildman–Crippen LogP) is 5.07. The fourth-order valence-electron chi connectivity index (χ4n) is 2.82. The predicted molar refractivity (Wildman–Crippen MR) is 79.0 cm³/mol. The summed E-state index contributed by atoms with van der Waals surface area (Å²) in [5, 5.41) is 10.1. The molecule has 0 radical (unpaired) electrons. The van der Waals surface area contributed by atoms with Gasteiger partial charge in [-0.15, -0.1) is 0 Å². The Morgan fingerprint density at radius 3 is 2.29 bits per heavy atom. The Hall–Kier alpha value is -1.03. The van der Waals surface area contributed by atoms with Crippen molar-refractivity contribution in [3.63, 3.8) is 0 Å². The quantitative estimate of drug-likeness (QED) is 0.805. The van der Waals surface area contributed by atoms with Crippen LogP contribution in [-0.4, -0.2) is 11.2 Å². The van der Waals surface area contributed by atoms with E-state index in [0.717, 1.165) is 18.6 Å². The van der Waals surface area contributed by atoms with Gasteiger partial charge in [0, 0.05) is 0 Å². The van der Waals surface area contributed by atoms with Crippen molar-refractivity contribution in [3.05, 3.63) is 35.4 Å². The van der Waals surface area contributed by atoms with Gasteiger partial charge in [0.2, 0.25) is 0 Å². The molecule has 1 aromatic carbocycles. The maximum absolute atomic E-state index is 12.6. The van der Waals surface area contributed by atoms with Gasteiger partial charge in [-0.2, -0.15) is 13.2 Å². The molecule has 4 heteroatoms. The molecule has 0 aliphatic rings. The molecule has 0 aliphatic heterocycles. The molecule has 1 nitrogen and oxygen atoms in total. The van der Waals surface area contributed by atoms with Crippen molar-refractivity contribution >= 4 is 0 Å². The zero-order valence-corrected chi connectivity index (χ0v) is 13.2. The van der Waals surface area contributed by atoms with Gasteiger partial charge in [-0.05, 0) is 42.2 Å². The molecule has 21 heavy (non-hydrogen) atoms. The maximum atomic E-state index is 12.6. The highest BCUT2D eigenvalue weighted by molar-refractivity contribution is 5.26. The molecule has 1 rings (SSSR count). The fraction of sp³-hybridized carbons (Fsp3) is 0.647. The topological polar surface area (TPSA) is 20.2 Å². The molecule has 0 saturated heterocycles. The minimum absolute atomic E-state index is 0.190. The molecule has 0 aliphatic carbocycles. The monoisotopic (exact) mass is 302 g/mol. The summed E-state index contributed by atoms with van der Waals surface area (Å²) in [7, 11) is 0. The molecule has 0 heterocycles. The summed E-state index contributed by atoms with van der Waals surface area (Å²) in [6.07, 6.45) is -3.09.